The number of para-hydroxylation sites is 1. The summed E-state index contributed by atoms with van der Waals surface area (Å²) in [6.45, 7) is 2.03. The first-order chi connectivity index (χ1) is 16.9. The molecule has 1 heterocycles. The molecule has 2 N–H and O–H groups in total. The predicted molar refractivity (Wildman–Crippen MR) is 130 cm³/mol. The van der Waals surface area contributed by atoms with Gasteiger partial charge < -0.3 is 24.8 Å². The number of nitrogens with one attached hydrogen (secondary N) is 2. The highest BCUT2D eigenvalue weighted by atomic mass is 32.2. The van der Waals surface area contributed by atoms with Gasteiger partial charge in [0.15, 0.2) is 0 Å². The topological polar surface area (TPSA) is 123 Å². The van der Waals surface area contributed by atoms with Gasteiger partial charge in [0.25, 0.3) is 5.91 Å². The minimum Gasteiger partial charge on any atom is -0.496 e. The van der Waals surface area contributed by atoms with Gasteiger partial charge in [0.1, 0.15) is 5.75 Å². The molecule has 0 aliphatic carbocycles. The van der Waals surface area contributed by atoms with Gasteiger partial charge in [0, 0.05) is 33.2 Å². The van der Waals surface area contributed by atoms with Crippen LogP contribution in [0.15, 0.2) is 47.4 Å². The third-order valence-corrected chi connectivity index (χ3v) is 7.41. The van der Waals surface area contributed by atoms with Gasteiger partial charge in [-0.25, -0.2) is 8.42 Å². The van der Waals surface area contributed by atoms with Crippen molar-refractivity contribution in [3.8, 4) is 5.75 Å². The summed E-state index contributed by atoms with van der Waals surface area (Å²) in [5, 5.41) is 5.51. The average molecular weight is 506 g/mol. The molecule has 11 heteroatoms. The molecule has 190 valence electrons. The Bertz CT molecular complexity index is 1130. The molecule has 0 radical (unpaired) electrons. The highest BCUT2D eigenvalue weighted by molar-refractivity contribution is 7.89. The molecule has 1 fully saturated rings. The summed E-state index contributed by atoms with van der Waals surface area (Å²) < 4.78 is 43.0. The molecule has 2 aromatic rings. The van der Waals surface area contributed by atoms with Crippen LogP contribution in [-0.2, 0) is 30.7 Å². The van der Waals surface area contributed by atoms with Crippen LogP contribution in [0.4, 0.5) is 5.69 Å². The lowest BCUT2D eigenvalue weighted by Gasteiger charge is -2.26. The molecular formula is C24H31N3O7S. The molecule has 0 unspecified atom stereocenters. The van der Waals surface area contributed by atoms with Crippen molar-refractivity contribution in [3.05, 3.63) is 53.6 Å². The number of hydrogen-bond acceptors (Lipinski definition) is 7. The summed E-state index contributed by atoms with van der Waals surface area (Å²) in [5.74, 6) is -0.136. The van der Waals surface area contributed by atoms with Crippen molar-refractivity contribution in [1.29, 1.82) is 0 Å². The van der Waals surface area contributed by atoms with Gasteiger partial charge in [-0.3, -0.25) is 9.59 Å². The van der Waals surface area contributed by atoms with Crippen molar-refractivity contribution in [2.45, 2.75) is 17.7 Å². The molecule has 0 atom stereocenters. The van der Waals surface area contributed by atoms with Gasteiger partial charge in [-0.05, 0) is 42.3 Å². The maximum absolute atomic E-state index is 13.0. The second-order valence-electron chi connectivity index (χ2n) is 7.83. The van der Waals surface area contributed by atoms with Crippen LogP contribution in [0, 0.1) is 0 Å². The number of methoxy groups -OCH3 is 2. The second-order valence-corrected chi connectivity index (χ2v) is 9.77. The van der Waals surface area contributed by atoms with E-state index in [1.54, 1.807) is 43.5 Å². The Labute approximate surface area is 205 Å². The van der Waals surface area contributed by atoms with Gasteiger partial charge in [-0.2, -0.15) is 4.31 Å². The molecule has 2 aromatic carbocycles. The number of benzene rings is 2. The van der Waals surface area contributed by atoms with Crippen LogP contribution in [0.25, 0.3) is 0 Å². The Balaban J connectivity index is 1.69. The minimum atomic E-state index is -3.68. The lowest BCUT2D eigenvalue weighted by atomic mass is 10.1. The van der Waals surface area contributed by atoms with Gasteiger partial charge in [-0.15, -0.1) is 0 Å². The zero-order valence-electron chi connectivity index (χ0n) is 19.9. The summed E-state index contributed by atoms with van der Waals surface area (Å²) in [6, 6.07) is 11.4. The Morgan fingerprint density at radius 1 is 1.09 bits per heavy atom. The number of sulfonamides is 1. The van der Waals surface area contributed by atoms with E-state index in [4.69, 9.17) is 14.2 Å². The highest BCUT2D eigenvalue weighted by Crippen LogP contribution is 2.26. The van der Waals surface area contributed by atoms with E-state index < -0.39 is 10.0 Å². The van der Waals surface area contributed by atoms with Crippen molar-refractivity contribution >= 4 is 27.5 Å². The zero-order chi connectivity index (χ0) is 25.3. The van der Waals surface area contributed by atoms with Crippen molar-refractivity contribution in [3.63, 3.8) is 0 Å². The maximum Gasteiger partial charge on any atom is 0.253 e. The molecular weight excluding hydrogens is 474 g/mol. The molecule has 35 heavy (non-hydrogen) atoms. The van der Waals surface area contributed by atoms with Crippen LogP contribution >= 0.6 is 0 Å². The number of carbonyl (C=O) groups excluding carboxylic acids is 2. The Kier molecular flexibility index (Phi) is 9.61. The van der Waals surface area contributed by atoms with Gasteiger partial charge in [0.2, 0.25) is 15.9 Å². The number of nitrogens with zero attached hydrogens (tertiary/aromatic N) is 1. The first-order valence-corrected chi connectivity index (χ1v) is 12.7. The van der Waals surface area contributed by atoms with Crippen LogP contribution in [0.5, 0.6) is 5.75 Å². The summed E-state index contributed by atoms with van der Waals surface area (Å²) in [6.07, 6.45) is 0.320. The van der Waals surface area contributed by atoms with Crippen molar-refractivity contribution in [1.82, 2.24) is 9.62 Å². The lowest BCUT2D eigenvalue weighted by Crippen LogP contribution is -2.40. The molecule has 1 saturated heterocycles. The number of amides is 2. The molecule has 10 nitrogen and oxygen atoms in total. The molecule has 3 rings (SSSR count). The van der Waals surface area contributed by atoms with Gasteiger partial charge in [-0.1, -0.05) is 12.1 Å². The number of ether oxygens (including phenoxy) is 3. The molecule has 0 spiro atoms. The van der Waals surface area contributed by atoms with Crippen molar-refractivity contribution in [2.24, 2.45) is 0 Å². The molecule has 0 aromatic heterocycles. The SMILES string of the molecule is COCCNC(=O)c1ccccc1NC(=O)CCc1cc(S(=O)(=O)N2CCOCC2)ccc1OC. The monoisotopic (exact) mass is 505 g/mol. The zero-order valence-corrected chi connectivity index (χ0v) is 20.7. The van der Waals surface area contributed by atoms with Crippen LogP contribution in [0.2, 0.25) is 0 Å². The fraction of sp³-hybridized carbons (Fsp3) is 0.417. The number of anilines is 1. The third kappa shape index (κ3) is 7.01. The number of hydrogen-bond donors (Lipinski definition) is 2. The van der Waals surface area contributed by atoms with Crippen molar-refractivity contribution in [2.75, 3.05) is 59.0 Å². The van der Waals surface area contributed by atoms with E-state index in [0.29, 0.717) is 62.0 Å². The highest BCUT2D eigenvalue weighted by Gasteiger charge is 2.27. The van der Waals surface area contributed by atoms with E-state index in [9.17, 15) is 18.0 Å². The summed E-state index contributed by atoms with van der Waals surface area (Å²) in [5.41, 5.74) is 1.33. The first-order valence-electron chi connectivity index (χ1n) is 11.3. The number of carbonyl (C=O) groups is 2. The number of rotatable bonds is 11. The van der Waals surface area contributed by atoms with Crippen LogP contribution < -0.4 is 15.4 Å². The van der Waals surface area contributed by atoms with Crippen LogP contribution in [0.3, 0.4) is 0 Å². The fourth-order valence-electron chi connectivity index (χ4n) is 3.66. The predicted octanol–water partition coefficient (Wildman–Crippen LogP) is 1.66. The van der Waals surface area contributed by atoms with Gasteiger partial charge in [0.05, 0.1) is 43.1 Å². The molecule has 1 aliphatic rings. The molecule has 0 bridgehead atoms. The van der Waals surface area contributed by atoms with Gasteiger partial charge >= 0.3 is 0 Å². The smallest absolute Gasteiger partial charge is 0.253 e. The Morgan fingerprint density at radius 2 is 1.83 bits per heavy atom. The average Bonchev–Trinajstić information content (AvgIpc) is 2.88. The normalized spacial score (nSPS) is 14.3. The summed E-state index contributed by atoms with van der Waals surface area (Å²) in [4.78, 5) is 25.3. The third-order valence-electron chi connectivity index (χ3n) is 5.52. The molecule has 1 aliphatic heterocycles. The van der Waals surface area contributed by atoms with E-state index in [1.165, 1.54) is 17.5 Å². The quantitative estimate of drug-likeness (QED) is 0.445. The Hall–Kier alpha value is -2.99. The largest absolute Gasteiger partial charge is 0.496 e. The maximum atomic E-state index is 13.0. The van der Waals surface area contributed by atoms with E-state index in [0.717, 1.165) is 0 Å². The van der Waals surface area contributed by atoms with E-state index >= 15 is 0 Å². The van der Waals surface area contributed by atoms with Crippen molar-refractivity contribution < 1.29 is 32.2 Å². The Morgan fingerprint density at radius 3 is 2.54 bits per heavy atom. The number of morpholine rings is 1. The van der Waals surface area contributed by atoms with Crippen LogP contribution in [-0.4, -0.2) is 78.2 Å². The minimum absolute atomic E-state index is 0.0665. The fourth-order valence-corrected chi connectivity index (χ4v) is 5.12. The number of aryl methyl sites for hydroxylation is 1. The first kappa shape index (κ1) is 26.6. The summed E-state index contributed by atoms with van der Waals surface area (Å²) in [7, 11) is -0.639. The van der Waals surface area contributed by atoms with Crippen LogP contribution in [0.1, 0.15) is 22.3 Å². The van der Waals surface area contributed by atoms with E-state index in [2.05, 4.69) is 10.6 Å². The van der Waals surface area contributed by atoms with E-state index in [-0.39, 0.29) is 29.6 Å². The molecule has 2 amide bonds. The standard InChI is InChI=1S/C24H31N3O7S/c1-32-14-11-25-24(29)20-5-3-4-6-21(20)26-23(28)10-7-18-17-19(8-9-22(18)33-2)35(30,31)27-12-15-34-16-13-27/h3-6,8-9,17H,7,10-16H2,1-2H3,(H,25,29)(H,26,28). The summed E-state index contributed by atoms with van der Waals surface area (Å²) >= 11 is 0. The molecule has 0 saturated carbocycles. The lowest BCUT2D eigenvalue weighted by molar-refractivity contribution is -0.116. The van der Waals surface area contributed by atoms with E-state index in [1.807, 2.05) is 0 Å². The second kappa shape index (κ2) is 12.6.